The molecule has 2 rings (SSSR count). The van der Waals surface area contributed by atoms with E-state index < -0.39 is 0 Å². The molecule has 0 saturated heterocycles. The summed E-state index contributed by atoms with van der Waals surface area (Å²) in [7, 11) is 1.64. The highest BCUT2D eigenvalue weighted by Gasteiger charge is 2.04. The topological polar surface area (TPSA) is 39.9 Å². The normalized spacial score (nSPS) is 10.7. The Bertz CT molecular complexity index is 491. The molecule has 0 aliphatic carbocycles. The Morgan fingerprint density at radius 1 is 1.25 bits per heavy atom. The fourth-order valence-corrected chi connectivity index (χ4v) is 1.50. The van der Waals surface area contributed by atoms with Crippen LogP contribution in [0.1, 0.15) is 11.1 Å². The molecular formula is C12H15N3O. The van der Waals surface area contributed by atoms with Gasteiger partial charge in [0.25, 0.3) is 0 Å². The Balaban J connectivity index is 2.31. The van der Waals surface area contributed by atoms with Crippen molar-refractivity contribution in [3.8, 4) is 11.4 Å². The minimum atomic E-state index is 0.428. The first kappa shape index (κ1) is 10.8. The van der Waals surface area contributed by atoms with Gasteiger partial charge < -0.3 is 4.74 Å². The van der Waals surface area contributed by atoms with Gasteiger partial charge in [-0.1, -0.05) is 12.1 Å². The lowest BCUT2D eigenvalue weighted by Gasteiger charge is -2.01. The summed E-state index contributed by atoms with van der Waals surface area (Å²) in [5.74, 6) is 0.736. The largest absolute Gasteiger partial charge is 0.362 e. The Hall–Kier alpha value is -1.68. The van der Waals surface area contributed by atoms with Gasteiger partial charge in [-0.2, -0.15) is 0 Å². The Labute approximate surface area is 94.9 Å². The molecule has 0 unspecified atom stereocenters. The Morgan fingerprint density at radius 3 is 2.75 bits per heavy atom. The second kappa shape index (κ2) is 4.45. The molecule has 0 fully saturated rings. The number of aromatic nitrogens is 3. The number of nitrogens with zero attached hydrogens (tertiary/aromatic N) is 3. The van der Waals surface area contributed by atoms with E-state index in [-0.39, 0.29) is 0 Å². The van der Waals surface area contributed by atoms with Gasteiger partial charge in [-0.3, -0.25) is 0 Å². The van der Waals surface area contributed by atoms with Crippen molar-refractivity contribution in [3.63, 3.8) is 0 Å². The number of aryl methyl sites for hydroxylation is 2. The molecule has 0 aliphatic rings. The standard InChI is InChI=1S/C12H15N3O/c1-9-4-5-11(6-10(9)2)12-13-7-15(14-12)8-16-3/h4-7H,8H2,1-3H3. The Morgan fingerprint density at radius 2 is 2.06 bits per heavy atom. The van der Waals surface area contributed by atoms with Crippen molar-refractivity contribution >= 4 is 0 Å². The summed E-state index contributed by atoms with van der Waals surface area (Å²) in [6.45, 7) is 4.61. The van der Waals surface area contributed by atoms with E-state index in [9.17, 15) is 0 Å². The summed E-state index contributed by atoms with van der Waals surface area (Å²) in [4.78, 5) is 4.25. The minimum absolute atomic E-state index is 0.428. The van der Waals surface area contributed by atoms with E-state index in [1.54, 1.807) is 18.1 Å². The zero-order valence-electron chi connectivity index (χ0n) is 9.77. The van der Waals surface area contributed by atoms with Crippen molar-refractivity contribution < 1.29 is 4.74 Å². The maximum absolute atomic E-state index is 4.98. The van der Waals surface area contributed by atoms with Crippen LogP contribution in [-0.4, -0.2) is 21.9 Å². The van der Waals surface area contributed by atoms with Crippen LogP contribution in [0.15, 0.2) is 24.5 Å². The predicted octanol–water partition coefficient (Wildman–Crippen LogP) is 2.17. The molecule has 1 aromatic carbocycles. The first-order valence-corrected chi connectivity index (χ1v) is 5.16. The highest BCUT2D eigenvalue weighted by Crippen LogP contribution is 2.18. The van der Waals surface area contributed by atoms with Crippen LogP contribution in [0.25, 0.3) is 11.4 Å². The van der Waals surface area contributed by atoms with Crippen LogP contribution in [-0.2, 0) is 11.5 Å². The highest BCUT2D eigenvalue weighted by molar-refractivity contribution is 5.56. The third-order valence-electron chi connectivity index (χ3n) is 2.56. The molecule has 0 saturated carbocycles. The molecule has 2 aromatic rings. The summed E-state index contributed by atoms with van der Waals surface area (Å²) in [6.07, 6.45) is 1.67. The van der Waals surface area contributed by atoms with E-state index in [2.05, 4.69) is 36.1 Å². The van der Waals surface area contributed by atoms with Crippen molar-refractivity contribution in [2.75, 3.05) is 7.11 Å². The van der Waals surface area contributed by atoms with Crippen molar-refractivity contribution in [1.82, 2.24) is 14.8 Å². The maximum atomic E-state index is 4.98. The lowest BCUT2D eigenvalue weighted by atomic mass is 10.1. The van der Waals surface area contributed by atoms with Crippen LogP contribution in [0.4, 0.5) is 0 Å². The van der Waals surface area contributed by atoms with E-state index >= 15 is 0 Å². The van der Waals surface area contributed by atoms with Crippen LogP contribution in [0, 0.1) is 13.8 Å². The summed E-state index contributed by atoms with van der Waals surface area (Å²) in [5.41, 5.74) is 3.57. The van der Waals surface area contributed by atoms with E-state index in [0.717, 1.165) is 11.4 Å². The zero-order valence-corrected chi connectivity index (χ0v) is 9.77. The first-order valence-electron chi connectivity index (χ1n) is 5.16. The monoisotopic (exact) mass is 217 g/mol. The van der Waals surface area contributed by atoms with Crippen molar-refractivity contribution in [2.45, 2.75) is 20.6 Å². The predicted molar refractivity (Wildman–Crippen MR) is 61.9 cm³/mol. The molecule has 0 atom stereocenters. The maximum Gasteiger partial charge on any atom is 0.181 e. The fraction of sp³-hybridized carbons (Fsp3) is 0.333. The van der Waals surface area contributed by atoms with Crippen LogP contribution >= 0.6 is 0 Å². The van der Waals surface area contributed by atoms with Gasteiger partial charge in [0.1, 0.15) is 13.1 Å². The van der Waals surface area contributed by atoms with Gasteiger partial charge in [0, 0.05) is 12.7 Å². The van der Waals surface area contributed by atoms with E-state index in [0.29, 0.717) is 6.73 Å². The van der Waals surface area contributed by atoms with Crippen LogP contribution in [0.3, 0.4) is 0 Å². The molecule has 4 heteroatoms. The zero-order chi connectivity index (χ0) is 11.5. The second-order valence-corrected chi connectivity index (χ2v) is 3.82. The molecule has 0 amide bonds. The highest BCUT2D eigenvalue weighted by atomic mass is 16.5. The van der Waals surface area contributed by atoms with Crippen LogP contribution in [0.2, 0.25) is 0 Å². The molecular weight excluding hydrogens is 202 g/mol. The molecule has 0 radical (unpaired) electrons. The van der Waals surface area contributed by atoms with Crippen molar-refractivity contribution in [1.29, 1.82) is 0 Å². The molecule has 1 heterocycles. The minimum Gasteiger partial charge on any atom is -0.362 e. The molecule has 0 N–H and O–H groups in total. The molecule has 0 bridgehead atoms. The van der Waals surface area contributed by atoms with Gasteiger partial charge in [-0.25, -0.2) is 9.67 Å². The Kier molecular flexibility index (Phi) is 3.01. The number of benzene rings is 1. The number of ether oxygens (including phenoxy) is 1. The van der Waals surface area contributed by atoms with Crippen molar-refractivity contribution in [2.24, 2.45) is 0 Å². The van der Waals surface area contributed by atoms with Gasteiger partial charge >= 0.3 is 0 Å². The summed E-state index contributed by atoms with van der Waals surface area (Å²) in [5, 5.41) is 4.32. The van der Waals surface area contributed by atoms with Gasteiger partial charge in [0.2, 0.25) is 0 Å². The van der Waals surface area contributed by atoms with Crippen LogP contribution < -0.4 is 0 Å². The summed E-state index contributed by atoms with van der Waals surface area (Å²) < 4.78 is 6.65. The quantitative estimate of drug-likeness (QED) is 0.791. The number of hydrogen-bond donors (Lipinski definition) is 0. The number of rotatable bonds is 3. The second-order valence-electron chi connectivity index (χ2n) is 3.82. The third kappa shape index (κ3) is 2.12. The molecule has 84 valence electrons. The lowest BCUT2D eigenvalue weighted by molar-refractivity contribution is 0.120. The molecule has 1 aromatic heterocycles. The molecule has 16 heavy (non-hydrogen) atoms. The van der Waals surface area contributed by atoms with E-state index in [1.807, 2.05) is 6.07 Å². The average molecular weight is 217 g/mol. The number of methoxy groups -OCH3 is 1. The first-order chi connectivity index (χ1) is 7.70. The smallest absolute Gasteiger partial charge is 0.181 e. The molecule has 0 aliphatic heterocycles. The lowest BCUT2D eigenvalue weighted by Crippen LogP contribution is -1.99. The fourth-order valence-electron chi connectivity index (χ4n) is 1.50. The average Bonchev–Trinajstić information content (AvgIpc) is 2.71. The van der Waals surface area contributed by atoms with Gasteiger partial charge in [0.15, 0.2) is 5.82 Å². The molecule has 4 nitrogen and oxygen atoms in total. The van der Waals surface area contributed by atoms with E-state index in [4.69, 9.17) is 4.74 Å². The number of hydrogen-bond acceptors (Lipinski definition) is 3. The summed E-state index contributed by atoms with van der Waals surface area (Å²) >= 11 is 0. The van der Waals surface area contributed by atoms with Gasteiger partial charge in [-0.15, -0.1) is 5.10 Å². The van der Waals surface area contributed by atoms with Crippen molar-refractivity contribution in [3.05, 3.63) is 35.7 Å². The summed E-state index contributed by atoms with van der Waals surface area (Å²) in [6, 6.07) is 6.22. The van der Waals surface area contributed by atoms with E-state index in [1.165, 1.54) is 11.1 Å². The third-order valence-corrected chi connectivity index (χ3v) is 2.56. The SMILES string of the molecule is COCn1cnc(-c2ccc(C)c(C)c2)n1. The molecule has 0 spiro atoms. The van der Waals surface area contributed by atoms with Crippen LogP contribution in [0.5, 0.6) is 0 Å². The van der Waals surface area contributed by atoms with Gasteiger partial charge in [0.05, 0.1) is 0 Å². The van der Waals surface area contributed by atoms with Gasteiger partial charge in [-0.05, 0) is 31.0 Å².